The molecule has 0 aliphatic carbocycles. The molecule has 2 nitrogen and oxygen atoms in total. The normalized spacial score (nSPS) is 10.5. The zero-order chi connectivity index (χ0) is 8.10. The third kappa shape index (κ3) is 3.00. The van der Waals surface area contributed by atoms with Crippen LogP contribution in [0.5, 0.6) is 0 Å². The van der Waals surface area contributed by atoms with Crippen molar-refractivity contribution in [3.8, 4) is 0 Å². The smallest absolute Gasteiger partial charge is 0.242 e. The SMILES string of the molecule is [O]C(=O)C=CCc1ccsc1. The van der Waals surface area contributed by atoms with E-state index < -0.39 is 5.97 Å². The number of allylic oxidation sites excluding steroid dienone is 1. The molecule has 1 rings (SSSR count). The molecule has 0 N–H and O–H groups in total. The van der Waals surface area contributed by atoms with Gasteiger partial charge in [-0.15, -0.1) is 0 Å². The van der Waals surface area contributed by atoms with Crippen LogP contribution in [0.2, 0.25) is 0 Å². The molecule has 0 aliphatic heterocycles. The molecule has 0 bridgehead atoms. The maximum atomic E-state index is 9.93. The minimum Gasteiger partial charge on any atom is -0.242 e. The lowest BCUT2D eigenvalue weighted by atomic mass is 10.2. The highest BCUT2D eigenvalue weighted by Gasteiger charge is 1.90. The fourth-order valence-electron chi connectivity index (χ4n) is 0.700. The molecular formula is C8H7O2S. The van der Waals surface area contributed by atoms with Gasteiger partial charge in [-0.3, -0.25) is 0 Å². The molecule has 1 aromatic heterocycles. The van der Waals surface area contributed by atoms with Crippen LogP contribution in [0, 0.1) is 0 Å². The molecule has 57 valence electrons. The largest absolute Gasteiger partial charge is 0.378 e. The predicted molar refractivity (Wildman–Crippen MR) is 42.9 cm³/mol. The van der Waals surface area contributed by atoms with Gasteiger partial charge in [-0.05, 0) is 28.8 Å². The van der Waals surface area contributed by atoms with Crippen molar-refractivity contribution in [3.05, 3.63) is 34.5 Å². The lowest BCUT2D eigenvalue weighted by Crippen LogP contribution is -1.84. The number of hydrogen-bond donors (Lipinski definition) is 0. The third-order valence-electron chi connectivity index (χ3n) is 1.19. The second kappa shape index (κ2) is 3.93. The molecule has 0 atom stereocenters. The van der Waals surface area contributed by atoms with Crippen LogP contribution >= 0.6 is 11.3 Å². The van der Waals surface area contributed by atoms with Crippen molar-refractivity contribution >= 4 is 17.3 Å². The monoisotopic (exact) mass is 167 g/mol. The zero-order valence-corrected chi connectivity index (χ0v) is 6.64. The van der Waals surface area contributed by atoms with E-state index in [9.17, 15) is 9.90 Å². The molecule has 0 unspecified atom stereocenters. The summed E-state index contributed by atoms with van der Waals surface area (Å²) < 4.78 is 0. The average Bonchev–Trinajstić information content (AvgIpc) is 2.39. The van der Waals surface area contributed by atoms with E-state index in [1.54, 1.807) is 17.4 Å². The van der Waals surface area contributed by atoms with Crippen molar-refractivity contribution in [2.45, 2.75) is 6.42 Å². The average molecular weight is 167 g/mol. The van der Waals surface area contributed by atoms with Gasteiger partial charge >= 0.3 is 5.97 Å². The Hall–Kier alpha value is -1.09. The van der Waals surface area contributed by atoms with Crippen molar-refractivity contribution in [1.29, 1.82) is 0 Å². The van der Waals surface area contributed by atoms with Crippen molar-refractivity contribution in [2.75, 3.05) is 0 Å². The van der Waals surface area contributed by atoms with Gasteiger partial charge in [0.2, 0.25) is 0 Å². The van der Waals surface area contributed by atoms with Crippen LogP contribution in [0.3, 0.4) is 0 Å². The van der Waals surface area contributed by atoms with E-state index in [0.717, 1.165) is 11.6 Å². The fraction of sp³-hybridized carbons (Fsp3) is 0.125. The topological polar surface area (TPSA) is 37.0 Å². The van der Waals surface area contributed by atoms with Crippen molar-refractivity contribution in [3.63, 3.8) is 0 Å². The van der Waals surface area contributed by atoms with Crippen LogP contribution in [0.4, 0.5) is 0 Å². The fourth-order valence-corrected chi connectivity index (χ4v) is 1.38. The highest BCUT2D eigenvalue weighted by Crippen LogP contribution is 2.06. The van der Waals surface area contributed by atoms with Crippen LogP contribution in [0.25, 0.3) is 0 Å². The van der Waals surface area contributed by atoms with Crippen LogP contribution in [0.1, 0.15) is 5.56 Å². The zero-order valence-electron chi connectivity index (χ0n) is 5.82. The van der Waals surface area contributed by atoms with Gasteiger partial charge in [0.15, 0.2) is 0 Å². The number of rotatable bonds is 3. The van der Waals surface area contributed by atoms with Crippen LogP contribution in [-0.4, -0.2) is 5.97 Å². The first-order valence-electron chi connectivity index (χ1n) is 3.17. The Bertz CT molecular complexity index is 249. The lowest BCUT2D eigenvalue weighted by Gasteiger charge is -1.84. The highest BCUT2D eigenvalue weighted by molar-refractivity contribution is 7.07. The first kappa shape index (κ1) is 8.01. The van der Waals surface area contributed by atoms with Crippen molar-refractivity contribution in [2.24, 2.45) is 0 Å². The molecule has 0 saturated carbocycles. The summed E-state index contributed by atoms with van der Waals surface area (Å²) in [5.74, 6) is -1.14. The molecule has 0 saturated heterocycles. The highest BCUT2D eigenvalue weighted by atomic mass is 32.1. The quantitative estimate of drug-likeness (QED) is 0.632. The molecule has 0 spiro atoms. The summed E-state index contributed by atoms with van der Waals surface area (Å²) in [4.78, 5) is 9.93. The number of hydrogen-bond acceptors (Lipinski definition) is 2. The van der Waals surface area contributed by atoms with Gasteiger partial charge in [-0.2, -0.15) is 11.3 Å². The summed E-state index contributed by atoms with van der Waals surface area (Å²) in [7, 11) is 0. The molecule has 0 aromatic carbocycles. The summed E-state index contributed by atoms with van der Waals surface area (Å²) in [5.41, 5.74) is 1.13. The molecule has 1 radical (unpaired) electrons. The Balaban J connectivity index is 2.40. The van der Waals surface area contributed by atoms with Gasteiger partial charge in [-0.1, -0.05) is 6.08 Å². The van der Waals surface area contributed by atoms with E-state index in [4.69, 9.17) is 0 Å². The Kier molecular flexibility index (Phi) is 2.86. The van der Waals surface area contributed by atoms with E-state index in [-0.39, 0.29) is 0 Å². The molecule has 1 heterocycles. The predicted octanol–water partition coefficient (Wildman–Crippen LogP) is 1.80. The van der Waals surface area contributed by atoms with Gasteiger partial charge in [0.1, 0.15) is 0 Å². The lowest BCUT2D eigenvalue weighted by molar-refractivity contribution is -0.137. The van der Waals surface area contributed by atoms with E-state index in [1.165, 1.54) is 0 Å². The second-order valence-electron chi connectivity index (χ2n) is 2.06. The summed E-state index contributed by atoms with van der Waals surface area (Å²) in [6.07, 6.45) is 3.30. The summed E-state index contributed by atoms with van der Waals surface area (Å²) in [5, 5.41) is 13.9. The van der Waals surface area contributed by atoms with Crippen molar-refractivity contribution < 1.29 is 9.90 Å². The third-order valence-corrected chi connectivity index (χ3v) is 1.92. The first-order valence-corrected chi connectivity index (χ1v) is 4.12. The molecule has 0 aliphatic rings. The van der Waals surface area contributed by atoms with Gasteiger partial charge < -0.3 is 0 Å². The van der Waals surface area contributed by atoms with E-state index in [0.29, 0.717) is 6.42 Å². The number of thiophene rings is 1. The van der Waals surface area contributed by atoms with Crippen LogP contribution in [-0.2, 0) is 16.3 Å². The van der Waals surface area contributed by atoms with E-state index >= 15 is 0 Å². The van der Waals surface area contributed by atoms with Gasteiger partial charge in [0.05, 0.1) is 0 Å². The van der Waals surface area contributed by atoms with Crippen molar-refractivity contribution in [1.82, 2.24) is 0 Å². The molecular weight excluding hydrogens is 160 g/mol. The number of carbonyl (C=O) groups excluding carboxylic acids is 1. The van der Waals surface area contributed by atoms with Gasteiger partial charge in [0.25, 0.3) is 0 Å². The Morgan fingerprint density at radius 3 is 3.00 bits per heavy atom. The minimum atomic E-state index is -1.14. The van der Waals surface area contributed by atoms with Gasteiger partial charge in [0, 0.05) is 6.08 Å². The maximum absolute atomic E-state index is 9.93. The van der Waals surface area contributed by atoms with E-state index in [2.05, 4.69) is 0 Å². The summed E-state index contributed by atoms with van der Waals surface area (Å²) in [6, 6.07) is 1.96. The second-order valence-corrected chi connectivity index (χ2v) is 2.84. The molecule has 0 amide bonds. The molecule has 1 aromatic rings. The Morgan fingerprint density at radius 2 is 2.45 bits per heavy atom. The van der Waals surface area contributed by atoms with Crippen LogP contribution in [0.15, 0.2) is 29.0 Å². The first-order chi connectivity index (χ1) is 5.29. The molecule has 3 heteroatoms. The van der Waals surface area contributed by atoms with Crippen LogP contribution < -0.4 is 0 Å². The summed E-state index contributed by atoms with van der Waals surface area (Å²) in [6.45, 7) is 0. The minimum absolute atomic E-state index is 0.664. The van der Waals surface area contributed by atoms with Gasteiger partial charge in [-0.25, -0.2) is 9.90 Å². The maximum Gasteiger partial charge on any atom is 0.378 e. The van der Waals surface area contributed by atoms with E-state index in [1.807, 2.05) is 16.8 Å². The Morgan fingerprint density at radius 1 is 1.64 bits per heavy atom. The Labute approximate surface area is 68.8 Å². The number of carbonyl (C=O) groups is 1. The molecule has 11 heavy (non-hydrogen) atoms. The molecule has 0 fully saturated rings. The standard InChI is InChI=1S/C8H7O2S/c9-8(10)3-1-2-7-4-5-11-6-7/h1,3-6H,2H2. The summed E-state index contributed by atoms with van der Waals surface area (Å²) >= 11 is 1.60.